The molecule has 10 nitrogen and oxygen atoms in total. The van der Waals surface area contributed by atoms with Crippen LogP contribution in [0.1, 0.15) is 37.9 Å². The van der Waals surface area contributed by atoms with Gasteiger partial charge in [-0.15, -0.1) is 0 Å². The van der Waals surface area contributed by atoms with Crippen molar-refractivity contribution in [3.63, 3.8) is 0 Å². The molecule has 0 aliphatic carbocycles. The third kappa shape index (κ3) is 5.56. The van der Waals surface area contributed by atoms with Gasteiger partial charge in [-0.25, -0.2) is 13.9 Å². The second-order valence-corrected chi connectivity index (χ2v) is 10.6. The molecular formula is C31H27ClFN5O5. The molecule has 220 valence electrons. The zero-order valence-electron chi connectivity index (χ0n) is 22.9. The molecule has 1 saturated heterocycles. The van der Waals surface area contributed by atoms with E-state index in [4.69, 9.17) is 16.3 Å². The van der Waals surface area contributed by atoms with Gasteiger partial charge in [-0.05, 0) is 60.0 Å². The van der Waals surface area contributed by atoms with Gasteiger partial charge in [0.05, 0.1) is 35.6 Å². The van der Waals surface area contributed by atoms with E-state index in [1.54, 1.807) is 6.07 Å². The predicted molar refractivity (Wildman–Crippen MR) is 158 cm³/mol. The molecule has 0 spiro atoms. The largest absolute Gasteiger partial charge is 0.478 e. The second-order valence-electron chi connectivity index (χ2n) is 10.2. The highest BCUT2D eigenvalue weighted by molar-refractivity contribution is 6.30. The average molecular weight is 604 g/mol. The Bertz CT molecular complexity index is 1700. The van der Waals surface area contributed by atoms with Gasteiger partial charge in [0, 0.05) is 37.2 Å². The Balaban J connectivity index is 1.35. The maximum atomic E-state index is 14.7. The summed E-state index contributed by atoms with van der Waals surface area (Å²) in [5.41, 5.74) is 3.41. The quantitative estimate of drug-likeness (QED) is 0.331. The Kier molecular flexibility index (Phi) is 7.83. The number of aromatic nitrogens is 2. The van der Waals surface area contributed by atoms with Gasteiger partial charge in [0.15, 0.2) is 5.82 Å². The van der Waals surface area contributed by atoms with Gasteiger partial charge in [0.1, 0.15) is 11.7 Å². The molecule has 3 heterocycles. The minimum absolute atomic E-state index is 0.0716. The zero-order chi connectivity index (χ0) is 30.1. The lowest BCUT2D eigenvalue weighted by atomic mass is 9.89. The van der Waals surface area contributed by atoms with E-state index in [1.165, 1.54) is 58.4 Å². The molecule has 0 radical (unpaired) electrons. The van der Waals surface area contributed by atoms with Gasteiger partial charge in [-0.3, -0.25) is 9.59 Å². The number of nitrogens with one attached hydrogen (secondary N) is 1. The minimum Gasteiger partial charge on any atom is -0.478 e. The summed E-state index contributed by atoms with van der Waals surface area (Å²) in [4.78, 5) is 42.9. The number of rotatable bonds is 6. The number of amides is 2. The summed E-state index contributed by atoms with van der Waals surface area (Å²) in [5, 5.41) is 16.2. The summed E-state index contributed by atoms with van der Waals surface area (Å²) < 4.78 is 21.4. The van der Waals surface area contributed by atoms with Crippen LogP contribution in [-0.4, -0.2) is 70.4 Å². The third-order valence-electron chi connectivity index (χ3n) is 7.66. The third-order valence-corrected chi connectivity index (χ3v) is 7.96. The lowest BCUT2D eigenvalue weighted by Gasteiger charge is -2.39. The van der Waals surface area contributed by atoms with Crippen molar-refractivity contribution in [3.8, 4) is 5.69 Å². The van der Waals surface area contributed by atoms with Crippen molar-refractivity contribution in [2.24, 2.45) is 0 Å². The molecule has 1 aromatic heterocycles. The fraction of sp³-hybridized carbons (Fsp3) is 0.226. The number of carboxylic acid groups (broad SMARTS) is 1. The van der Waals surface area contributed by atoms with Gasteiger partial charge in [0.25, 0.3) is 11.8 Å². The van der Waals surface area contributed by atoms with Crippen molar-refractivity contribution >= 4 is 40.8 Å². The Morgan fingerprint density at radius 1 is 0.953 bits per heavy atom. The number of anilines is 2. The van der Waals surface area contributed by atoms with E-state index in [9.17, 15) is 23.9 Å². The molecule has 2 N–H and O–H groups in total. The molecule has 2 aliphatic heterocycles. The van der Waals surface area contributed by atoms with Crippen molar-refractivity contribution in [2.45, 2.75) is 12.5 Å². The number of morpholine rings is 1. The molecule has 12 heteroatoms. The van der Waals surface area contributed by atoms with Crippen LogP contribution in [0.4, 0.5) is 15.8 Å². The fourth-order valence-electron chi connectivity index (χ4n) is 5.56. The summed E-state index contributed by atoms with van der Waals surface area (Å²) in [6.45, 7) is 2.87. The van der Waals surface area contributed by atoms with Gasteiger partial charge < -0.3 is 25.0 Å². The Labute approximate surface area is 251 Å². The molecule has 3 aromatic carbocycles. The molecule has 1 fully saturated rings. The molecule has 6 rings (SSSR count). The smallest absolute Gasteiger partial charge is 0.335 e. The van der Waals surface area contributed by atoms with E-state index in [-0.39, 0.29) is 28.4 Å². The molecule has 4 aromatic rings. The number of halogens is 2. The number of nitrogens with zero attached hydrogens (tertiary/aromatic N) is 4. The van der Waals surface area contributed by atoms with Gasteiger partial charge >= 0.3 is 5.97 Å². The molecule has 43 heavy (non-hydrogen) atoms. The first kappa shape index (κ1) is 28.4. The summed E-state index contributed by atoms with van der Waals surface area (Å²) in [7, 11) is 0. The van der Waals surface area contributed by atoms with E-state index in [2.05, 4.69) is 15.3 Å². The molecule has 0 bridgehead atoms. The molecule has 2 amide bonds. The Morgan fingerprint density at radius 3 is 2.42 bits per heavy atom. The van der Waals surface area contributed by atoms with Gasteiger partial charge in [0.2, 0.25) is 0 Å². The SMILES string of the molecule is O=C(O)c1ccc(NC(=O)C2c3cccc(N4CCOCC4)c3CCN2C(=O)c2cnn(-c3cccc(Cl)c3F)c2)cc1. The molecule has 0 saturated carbocycles. The van der Waals surface area contributed by atoms with Crippen LogP contribution in [0.25, 0.3) is 5.69 Å². The summed E-state index contributed by atoms with van der Waals surface area (Å²) in [6, 6.07) is 15.1. The van der Waals surface area contributed by atoms with Crippen LogP contribution in [0.3, 0.4) is 0 Å². The maximum Gasteiger partial charge on any atom is 0.335 e. The van der Waals surface area contributed by atoms with E-state index in [0.29, 0.717) is 44.0 Å². The van der Waals surface area contributed by atoms with Crippen molar-refractivity contribution < 1.29 is 28.6 Å². The van der Waals surface area contributed by atoms with Crippen LogP contribution in [-0.2, 0) is 16.0 Å². The number of hydrogen-bond donors (Lipinski definition) is 2. The number of aromatic carboxylic acids is 1. The Morgan fingerprint density at radius 2 is 1.67 bits per heavy atom. The predicted octanol–water partition coefficient (Wildman–Crippen LogP) is 4.58. The average Bonchev–Trinajstić information content (AvgIpc) is 3.52. The highest BCUT2D eigenvalue weighted by Gasteiger charge is 2.38. The normalized spacial score (nSPS) is 16.5. The molecular weight excluding hydrogens is 577 g/mol. The zero-order valence-corrected chi connectivity index (χ0v) is 23.6. The number of fused-ring (bicyclic) bond motifs is 1. The van der Waals surface area contributed by atoms with E-state index in [0.717, 1.165) is 11.3 Å². The van der Waals surface area contributed by atoms with E-state index < -0.39 is 29.6 Å². The summed E-state index contributed by atoms with van der Waals surface area (Å²) in [5.74, 6) is -2.65. The number of hydrogen-bond acceptors (Lipinski definition) is 6. The highest BCUT2D eigenvalue weighted by atomic mass is 35.5. The van der Waals surface area contributed by atoms with Crippen LogP contribution in [0, 0.1) is 5.82 Å². The lowest BCUT2D eigenvalue weighted by Crippen LogP contribution is -2.46. The first-order chi connectivity index (χ1) is 20.8. The topological polar surface area (TPSA) is 117 Å². The molecule has 2 aliphatic rings. The summed E-state index contributed by atoms with van der Waals surface area (Å²) >= 11 is 5.94. The van der Waals surface area contributed by atoms with Crippen molar-refractivity contribution in [1.29, 1.82) is 0 Å². The Hall–Kier alpha value is -4.74. The number of carboxylic acids is 1. The van der Waals surface area contributed by atoms with Crippen LogP contribution >= 0.6 is 11.6 Å². The van der Waals surface area contributed by atoms with Crippen LogP contribution in [0.15, 0.2) is 73.1 Å². The number of ether oxygens (including phenoxy) is 1. The van der Waals surface area contributed by atoms with Crippen molar-refractivity contribution in [3.05, 3.63) is 106 Å². The minimum atomic E-state index is -1.08. The fourth-order valence-corrected chi connectivity index (χ4v) is 5.73. The number of benzene rings is 3. The monoisotopic (exact) mass is 603 g/mol. The lowest BCUT2D eigenvalue weighted by molar-refractivity contribution is -0.121. The number of carbonyl (C=O) groups is 3. The van der Waals surface area contributed by atoms with Crippen molar-refractivity contribution in [1.82, 2.24) is 14.7 Å². The van der Waals surface area contributed by atoms with E-state index in [1.807, 2.05) is 18.2 Å². The van der Waals surface area contributed by atoms with Gasteiger partial charge in [-0.1, -0.05) is 29.8 Å². The van der Waals surface area contributed by atoms with Crippen LogP contribution < -0.4 is 10.2 Å². The summed E-state index contributed by atoms with van der Waals surface area (Å²) in [6.07, 6.45) is 3.26. The molecule has 1 atom stereocenters. The first-order valence-electron chi connectivity index (χ1n) is 13.7. The number of carbonyl (C=O) groups excluding carboxylic acids is 2. The van der Waals surface area contributed by atoms with Gasteiger partial charge in [-0.2, -0.15) is 5.10 Å². The molecule has 1 unspecified atom stereocenters. The van der Waals surface area contributed by atoms with E-state index >= 15 is 0 Å². The van der Waals surface area contributed by atoms with Crippen LogP contribution in [0.5, 0.6) is 0 Å². The van der Waals surface area contributed by atoms with Crippen LogP contribution in [0.2, 0.25) is 5.02 Å². The second kappa shape index (κ2) is 11.9. The maximum absolute atomic E-state index is 14.7. The first-order valence-corrected chi connectivity index (χ1v) is 14.1. The standard InChI is InChI=1S/C31H27ClFN5O5/c32-24-4-2-6-26(27(24)33)38-18-20(17-34-38)30(40)37-12-11-22-23(3-1-5-25(22)36-13-15-43-16-14-36)28(37)29(39)35-21-9-7-19(8-10-21)31(41)42/h1-10,17-18,28H,11-16H2,(H,35,39)(H,41,42). The van der Waals surface area contributed by atoms with Crippen molar-refractivity contribution in [2.75, 3.05) is 43.1 Å². The highest BCUT2D eigenvalue weighted by Crippen LogP contribution is 2.37.